The maximum absolute atomic E-state index is 12.7. The van der Waals surface area contributed by atoms with E-state index in [1.165, 1.54) is 6.08 Å². The molecule has 0 aromatic heterocycles. The van der Waals surface area contributed by atoms with E-state index in [1.54, 1.807) is 6.08 Å². The first kappa shape index (κ1) is 7.01. The van der Waals surface area contributed by atoms with Gasteiger partial charge in [-0.05, 0) is 24.5 Å². The van der Waals surface area contributed by atoms with Crippen molar-refractivity contribution in [2.24, 2.45) is 0 Å². The molecule has 0 N–H and O–H groups in total. The molecule has 1 rings (SSSR count). The summed E-state index contributed by atoms with van der Waals surface area (Å²) in [4.78, 5) is 0. The summed E-state index contributed by atoms with van der Waals surface area (Å²) in [6.45, 7) is 0. The molecule has 0 spiro atoms. The lowest BCUT2D eigenvalue weighted by molar-refractivity contribution is 0.641. The molecule has 0 amide bonds. The smallest absolute Gasteiger partial charge is 0.123 e. The first-order chi connectivity index (χ1) is 4.84. The Balaban J connectivity index is 2.71. The number of rotatable bonds is 1. The number of nitrogens with zero attached hydrogens (tertiary/aromatic N) is 1. The van der Waals surface area contributed by atoms with Gasteiger partial charge in [0.05, 0.1) is 12.5 Å². The zero-order valence-electron chi connectivity index (χ0n) is 5.47. The molecular formula is C8H7FN. The van der Waals surface area contributed by atoms with Crippen LogP contribution in [0.5, 0.6) is 0 Å². The van der Waals surface area contributed by atoms with Crippen molar-refractivity contribution in [3.05, 3.63) is 30.0 Å². The van der Waals surface area contributed by atoms with Gasteiger partial charge < -0.3 is 0 Å². The van der Waals surface area contributed by atoms with Gasteiger partial charge in [-0.25, -0.2) is 4.39 Å². The van der Waals surface area contributed by atoms with Gasteiger partial charge >= 0.3 is 0 Å². The van der Waals surface area contributed by atoms with E-state index in [0.29, 0.717) is 12.0 Å². The average molecular weight is 136 g/mol. The van der Waals surface area contributed by atoms with Crippen LogP contribution in [-0.4, -0.2) is 0 Å². The van der Waals surface area contributed by atoms with Crippen LogP contribution in [0.4, 0.5) is 4.39 Å². The Hall–Kier alpha value is -1.10. The van der Waals surface area contributed by atoms with Gasteiger partial charge in [0.15, 0.2) is 0 Å². The molecule has 51 valence electrons. The highest BCUT2D eigenvalue weighted by Crippen LogP contribution is 2.21. The summed E-state index contributed by atoms with van der Waals surface area (Å²) in [5.41, 5.74) is 0.588. The molecule has 0 heterocycles. The van der Waals surface area contributed by atoms with Crippen molar-refractivity contribution in [2.75, 3.05) is 0 Å². The predicted molar refractivity (Wildman–Crippen MR) is 36.4 cm³/mol. The molecule has 0 aromatic rings. The van der Waals surface area contributed by atoms with Crippen molar-refractivity contribution in [1.29, 1.82) is 5.26 Å². The Kier molecular flexibility index (Phi) is 2.22. The van der Waals surface area contributed by atoms with Crippen molar-refractivity contribution in [3.8, 4) is 6.07 Å². The molecule has 2 heteroatoms. The van der Waals surface area contributed by atoms with Crippen LogP contribution >= 0.6 is 0 Å². The van der Waals surface area contributed by atoms with Crippen LogP contribution in [0.2, 0.25) is 0 Å². The molecular weight excluding hydrogens is 129 g/mol. The third kappa shape index (κ3) is 1.44. The number of allylic oxidation sites excluding steroid dienone is 4. The quantitative estimate of drug-likeness (QED) is 0.542. The molecule has 0 aliphatic heterocycles. The Morgan fingerprint density at radius 1 is 1.70 bits per heavy atom. The van der Waals surface area contributed by atoms with Gasteiger partial charge in [0.25, 0.3) is 0 Å². The van der Waals surface area contributed by atoms with E-state index in [9.17, 15) is 4.39 Å². The summed E-state index contributed by atoms with van der Waals surface area (Å²) in [5, 5.41) is 8.25. The third-order valence-corrected chi connectivity index (χ3v) is 1.37. The summed E-state index contributed by atoms with van der Waals surface area (Å²) in [6.07, 6.45) is 5.67. The number of hydrogen-bond acceptors (Lipinski definition) is 1. The van der Waals surface area contributed by atoms with E-state index in [2.05, 4.69) is 0 Å². The van der Waals surface area contributed by atoms with Gasteiger partial charge in [0.2, 0.25) is 0 Å². The second-order valence-corrected chi connectivity index (χ2v) is 2.09. The first-order valence-corrected chi connectivity index (χ1v) is 3.09. The molecule has 1 aliphatic rings. The molecule has 0 fully saturated rings. The highest BCUT2D eigenvalue weighted by atomic mass is 19.1. The second-order valence-electron chi connectivity index (χ2n) is 2.09. The van der Waals surface area contributed by atoms with Gasteiger partial charge in [-0.15, -0.1) is 0 Å². The van der Waals surface area contributed by atoms with Crippen LogP contribution in [0.1, 0.15) is 12.8 Å². The van der Waals surface area contributed by atoms with Crippen molar-refractivity contribution in [3.63, 3.8) is 0 Å². The SMILES string of the molecule is N#CCC1=C(F)C=C[CH]C1. The molecule has 1 nitrogen and oxygen atoms in total. The summed E-state index contributed by atoms with van der Waals surface area (Å²) in [7, 11) is 0. The molecule has 0 aromatic carbocycles. The Labute approximate surface area is 59.5 Å². The normalized spacial score (nSPS) is 17.2. The fourth-order valence-electron chi connectivity index (χ4n) is 0.830. The van der Waals surface area contributed by atoms with E-state index >= 15 is 0 Å². The summed E-state index contributed by atoms with van der Waals surface area (Å²) in [6, 6.07) is 1.92. The maximum atomic E-state index is 12.7. The topological polar surface area (TPSA) is 23.8 Å². The molecule has 1 radical (unpaired) electrons. The molecule has 0 saturated carbocycles. The zero-order valence-corrected chi connectivity index (χ0v) is 5.47. The van der Waals surface area contributed by atoms with Crippen LogP contribution < -0.4 is 0 Å². The van der Waals surface area contributed by atoms with Gasteiger partial charge in [-0.2, -0.15) is 5.26 Å². The van der Waals surface area contributed by atoms with Crippen molar-refractivity contribution in [1.82, 2.24) is 0 Å². The lowest BCUT2D eigenvalue weighted by Crippen LogP contribution is -1.90. The highest BCUT2D eigenvalue weighted by molar-refractivity contribution is 5.30. The van der Waals surface area contributed by atoms with Crippen LogP contribution in [0.25, 0.3) is 0 Å². The van der Waals surface area contributed by atoms with Gasteiger partial charge in [0, 0.05) is 0 Å². The van der Waals surface area contributed by atoms with E-state index in [-0.39, 0.29) is 12.2 Å². The number of halogens is 1. The molecule has 0 bridgehead atoms. The van der Waals surface area contributed by atoms with E-state index in [4.69, 9.17) is 5.26 Å². The van der Waals surface area contributed by atoms with E-state index < -0.39 is 0 Å². The molecule has 0 unspecified atom stereocenters. The summed E-state index contributed by atoms with van der Waals surface area (Å²) >= 11 is 0. The molecule has 0 atom stereocenters. The number of hydrogen-bond donors (Lipinski definition) is 0. The largest absolute Gasteiger partial charge is 0.207 e. The van der Waals surface area contributed by atoms with Crippen LogP contribution in [0, 0.1) is 17.8 Å². The van der Waals surface area contributed by atoms with Crippen LogP contribution in [0.15, 0.2) is 23.6 Å². The first-order valence-electron chi connectivity index (χ1n) is 3.09. The second kappa shape index (κ2) is 3.17. The minimum absolute atomic E-state index is 0.201. The molecule has 1 aliphatic carbocycles. The van der Waals surface area contributed by atoms with E-state index in [0.717, 1.165) is 0 Å². The van der Waals surface area contributed by atoms with Crippen molar-refractivity contribution in [2.45, 2.75) is 12.8 Å². The summed E-state index contributed by atoms with van der Waals surface area (Å²) in [5.74, 6) is -0.246. The maximum Gasteiger partial charge on any atom is 0.123 e. The Bertz CT molecular complexity index is 220. The minimum Gasteiger partial charge on any atom is -0.207 e. The van der Waals surface area contributed by atoms with Crippen LogP contribution in [0.3, 0.4) is 0 Å². The number of nitriles is 1. The Morgan fingerprint density at radius 2 is 2.50 bits per heavy atom. The van der Waals surface area contributed by atoms with Crippen molar-refractivity contribution >= 4 is 0 Å². The Morgan fingerprint density at radius 3 is 3.10 bits per heavy atom. The lowest BCUT2D eigenvalue weighted by Gasteiger charge is -2.05. The standard InChI is InChI=1S/C8H7FN/c9-8-4-2-1-3-7(8)5-6-10/h1-2,4H,3,5H2. The van der Waals surface area contributed by atoms with Gasteiger partial charge in [-0.3, -0.25) is 0 Å². The fraction of sp³-hybridized carbons (Fsp3) is 0.250. The van der Waals surface area contributed by atoms with Gasteiger partial charge in [0.1, 0.15) is 5.83 Å². The average Bonchev–Trinajstić information content (AvgIpc) is 1.94. The zero-order chi connectivity index (χ0) is 7.40. The minimum atomic E-state index is -0.246. The summed E-state index contributed by atoms with van der Waals surface area (Å²) < 4.78 is 12.7. The predicted octanol–water partition coefficient (Wildman–Crippen LogP) is 2.29. The van der Waals surface area contributed by atoms with Gasteiger partial charge in [-0.1, -0.05) is 6.08 Å². The molecule has 10 heavy (non-hydrogen) atoms. The van der Waals surface area contributed by atoms with Crippen molar-refractivity contribution < 1.29 is 4.39 Å². The van der Waals surface area contributed by atoms with E-state index in [1.807, 2.05) is 12.5 Å². The monoisotopic (exact) mass is 136 g/mol. The highest BCUT2D eigenvalue weighted by Gasteiger charge is 2.06. The molecule has 0 saturated heterocycles. The van der Waals surface area contributed by atoms with Crippen LogP contribution in [-0.2, 0) is 0 Å². The lowest BCUT2D eigenvalue weighted by atomic mass is 10.0. The fourth-order valence-corrected chi connectivity index (χ4v) is 0.830. The third-order valence-electron chi connectivity index (χ3n) is 1.37.